The van der Waals surface area contributed by atoms with E-state index in [9.17, 15) is 9.59 Å². The molecule has 2 heterocycles. The van der Waals surface area contributed by atoms with Crippen LogP contribution in [0.1, 0.15) is 37.6 Å². The van der Waals surface area contributed by atoms with Crippen LogP contribution in [0.3, 0.4) is 0 Å². The molecule has 0 fully saturated rings. The van der Waals surface area contributed by atoms with E-state index in [0.29, 0.717) is 23.6 Å². The lowest BCUT2D eigenvalue weighted by molar-refractivity contribution is -0.141. The Morgan fingerprint density at radius 3 is 3.04 bits per heavy atom. The molecule has 1 atom stereocenters. The molecule has 5 nitrogen and oxygen atoms in total. The third-order valence-corrected chi connectivity index (χ3v) is 6.04. The molecular weight excluding hydrogens is 344 g/mol. The number of carbonyl (C=O) groups is 1. The molecule has 7 heteroatoms. The molecule has 3 rings (SSSR count). The first-order valence-electron chi connectivity index (χ1n) is 8.27. The maximum Gasteiger partial charge on any atom is 0.316 e. The number of hydrogen-bond acceptors (Lipinski definition) is 6. The van der Waals surface area contributed by atoms with E-state index < -0.39 is 0 Å². The second kappa shape index (κ2) is 7.27. The molecule has 1 N–H and O–H groups in total. The number of rotatable bonds is 5. The van der Waals surface area contributed by atoms with Crippen molar-refractivity contribution in [3.8, 4) is 0 Å². The monoisotopic (exact) mass is 366 g/mol. The zero-order chi connectivity index (χ0) is 17.3. The van der Waals surface area contributed by atoms with Crippen LogP contribution in [0.4, 0.5) is 0 Å². The van der Waals surface area contributed by atoms with Crippen molar-refractivity contribution in [1.29, 1.82) is 0 Å². The highest BCUT2D eigenvalue weighted by Gasteiger charge is 2.23. The van der Waals surface area contributed by atoms with Crippen LogP contribution in [-0.2, 0) is 22.4 Å². The number of thioether (sulfide) groups is 1. The van der Waals surface area contributed by atoms with Crippen molar-refractivity contribution >= 4 is 39.3 Å². The quantitative estimate of drug-likeness (QED) is 0.499. The molecule has 1 unspecified atom stereocenters. The molecule has 0 radical (unpaired) electrons. The summed E-state index contributed by atoms with van der Waals surface area (Å²) in [6.45, 7) is 6.65. The minimum Gasteiger partial charge on any atom is -0.465 e. The van der Waals surface area contributed by atoms with Gasteiger partial charge in [0.15, 0.2) is 5.16 Å². The number of aromatic nitrogens is 2. The van der Waals surface area contributed by atoms with Crippen molar-refractivity contribution in [3.05, 3.63) is 20.8 Å². The van der Waals surface area contributed by atoms with E-state index in [1.807, 2.05) is 13.8 Å². The van der Waals surface area contributed by atoms with Gasteiger partial charge >= 0.3 is 5.97 Å². The highest BCUT2D eigenvalue weighted by atomic mass is 32.2. The van der Waals surface area contributed by atoms with E-state index in [1.165, 1.54) is 22.2 Å². The van der Waals surface area contributed by atoms with Gasteiger partial charge in [0.1, 0.15) is 4.83 Å². The fourth-order valence-electron chi connectivity index (χ4n) is 2.83. The molecule has 1 aliphatic carbocycles. The van der Waals surface area contributed by atoms with Crippen LogP contribution >= 0.6 is 23.1 Å². The largest absolute Gasteiger partial charge is 0.465 e. The Hall–Kier alpha value is -1.34. The average Bonchev–Trinajstić information content (AvgIpc) is 2.88. The Labute approximate surface area is 149 Å². The van der Waals surface area contributed by atoms with Gasteiger partial charge in [-0.2, -0.15) is 0 Å². The number of nitrogens with one attached hydrogen (secondary N) is 1. The van der Waals surface area contributed by atoms with E-state index in [1.54, 1.807) is 11.3 Å². The number of ether oxygens (including phenoxy) is 1. The summed E-state index contributed by atoms with van der Waals surface area (Å²) in [4.78, 5) is 33.6. The molecule has 0 amide bonds. The molecule has 0 bridgehead atoms. The van der Waals surface area contributed by atoms with Gasteiger partial charge < -0.3 is 9.72 Å². The highest BCUT2D eigenvalue weighted by molar-refractivity contribution is 7.99. The predicted molar refractivity (Wildman–Crippen MR) is 98.0 cm³/mol. The number of hydrogen-bond donors (Lipinski definition) is 1. The Balaban J connectivity index is 1.76. The van der Waals surface area contributed by atoms with Crippen molar-refractivity contribution in [2.24, 2.45) is 11.8 Å². The number of esters is 1. The third-order valence-electron chi connectivity index (χ3n) is 4.05. The Kier molecular flexibility index (Phi) is 5.30. The number of aryl methyl sites for hydroxylation is 1. The molecule has 130 valence electrons. The van der Waals surface area contributed by atoms with Gasteiger partial charge in [0.25, 0.3) is 5.56 Å². The van der Waals surface area contributed by atoms with E-state index in [-0.39, 0.29) is 17.3 Å². The molecule has 0 saturated heterocycles. The van der Waals surface area contributed by atoms with E-state index in [4.69, 9.17) is 4.74 Å². The minimum atomic E-state index is -0.282. The average molecular weight is 367 g/mol. The summed E-state index contributed by atoms with van der Waals surface area (Å²) < 4.78 is 5.14. The van der Waals surface area contributed by atoms with Crippen LogP contribution in [0.5, 0.6) is 0 Å². The van der Waals surface area contributed by atoms with Gasteiger partial charge in [0, 0.05) is 4.88 Å². The number of H-pyrrole nitrogens is 1. The van der Waals surface area contributed by atoms with Gasteiger partial charge in [-0.3, -0.25) is 9.59 Å². The summed E-state index contributed by atoms with van der Waals surface area (Å²) >= 11 is 2.84. The highest BCUT2D eigenvalue weighted by Crippen LogP contribution is 2.36. The summed E-state index contributed by atoms with van der Waals surface area (Å²) in [6.07, 6.45) is 3.10. The van der Waals surface area contributed by atoms with Crippen LogP contribution in [0.25, 0.3) is 10.2 Å². The lowest BCUT2D eigenvalue weighted by atomic mass is 9.89. The topological polar surface area (TPSA) is 72.0 Å². The van der Waals surface area contributed by atoms with E-state index in [2.05, 4.69) is 16.9 Å². The minimum absolute atomic E-state index is 0.0925. The van der Waals surface area contributed by atoms with Gasteiger partial charge in [-0.1, -0.05) is 32.5 Å². The fourth-order valence-corrected chi connectivity index (χ4v) is 4.93. The zero-order valence-electron chi connectivity index (χ0n) is 14.2. The Bertz CT molecular complexity index is 810. The summed E-state index contributed by atoms with van der Waals surface area (Å²) in [7, 11) is 0. The first-order valence-corrected chi connectivity index (χ1v) is 10.1. The fraction of sp³-hybridized carbons (Fsp3) is 0.588. The first-order chi connectivity index (χ1) is 11.4. The maximum atomic E-state index is 12.5. The van der Waals surface area contributed by atoms with Crippen LogP contribution in [0.2, 0.25) is 0 Å². The van der Waals surface area contributed by atoms with Gasteiger partial charge in [0.2, 0.25) is 0 Å². The molecule has 0 aliphatic heterocycles. The maximum absolute atomic E-state index is 12.5. The molecule has 0 saturated carbocycles. The predicted octanol–water partition coefficient (Wildman–Crippen LogP) is 3.40. The van der Waals surface area contributed by atoms with Crippen LogP contribution < -0.4 is 5.56 Å². The number of nitrogens with zero attached hydrogens (tertiary/aromatic N) is 1. The summed E-state index contributed by atoms with van der Waals surface area (Å²) in [5.41, 5.74) is 1.08. The van der Waals surface area contributed by atoms with Crippen molar-refractivity contribution < 1.29 is 9.53 Å². The van der Waals surface area contributed by atoms with Crippen molar-refractivity contribution in [2.45, 2.75) is 45.2 Å². The second-order valence-corrected chi connectivity index (χ2v) is 8.82. The molecule has 0 aromatic carbocycles. The molecule has 0 spiro atoms. The lowest BCUT2D eigenvalue weighted by Crippen LogP contribution is -2.15. The van der Waals surface area contributed by atoms with Crippen molar-refractivity contribution in [2.75, 3.05) is 12.4 Å². The summed E-state index contributed by atoms with van der Waals surface area (Å²) in [5.74, 6) is 0.849. The SMILES string of the molecule is CC(C)COC(=O)CSc1nc2sc3c(c2c(=O)[nH]1)CCC(C)C3. The van der Waals surface area contributed by atoms with Crippen LogP contribution in [-0.4, -0.2) is 28.3 Å². The third kappa shape index (κ3) is 3.83. The van der Waals surface area contributed by atoms with Crippen molar-refractivity contribution in [3.63, 3.8) is 0 Å². The normalized spacial score (nSPS) is 17.2. The second-order valence-electron chi connectivity index (χ2n) is 6.77. The van der Waals surface area contributed by atoms with Gasteiger partial charge in [-0.05, 0) is 36.7 Å². The summed E-state index contributed by atoms with van der Waals surface area (Å²) in [6, 6.07) is 0. The summed E-state index contributed by atoms with van der Waals surface area (Å²) in [5, 5.41) is 1.23. The van der Waals surface area contributed by atoms with Crippen LogP contribution in [0, 0.1) is 11.8 Å². The molecular formula is C17H22N2O3S2. The standard InChI is InChI=1S/C17H22N2O3S2/c1-9(2)7-22-13(20)8-23-17-18-15(21)14-11-5-4-10(3)6-12(11)24-16(14)19-17/h9-10H,4-8H2,1-3H3,(H,18,19,21). The zero-order valence-corrected chi connectivity index (χ0v) is 15.8. The van der Waals surface area contributed by atoms with Crippen LogP contribution in [0.15, 0.2) is 9.95 Å². The van der Waals surface area contributed by atoms with E-state index in [0.717, 1.165) is 29.5 Å². The van der Waals surface area contributed by atoms with Crippen molar-refractivity contribution in [1.82, 2.24) is 9.97 Å². The molecule has 2 aromatic heterocycles. The number of thiophene rings is 1. The first kappa shape index (κ1) is 17.5. The van der Waals surface area contributed by atoms with E-state index >= 15 is 0 Å². The number of carbonyl (C=O) groups excluding carboxylic acids is 1. The lowest BCUT2D eigenvalue weighted by Gasteiger charge is -2.17. The molecule has 24 heavy (non-hydrogen) atoms. The molecule has 1 aliphatic rings. The Morgan fingerprint density at radius 2 is 2.29 bits per heavy atom. The van der Waals surface area contributed by atoms with Gasteiger partial charge in [-0.25, -0.2) is 4.98 Å². The van der Waals surface area contributed by atoms with Gasteiger partial charge in [-0.15, -0.1) is 11.3 Å². The number of fused-ring (bicyclic) bond motifs is 3. The number of aromatic amines is 1. The smallest absolute Gasteiger partial charge is 0.316 e. The molecule has 2 aromatic rings. The van der Waals surface area contributed by atoms with Gasteiger partial charge in [0.05, 0.1) is 17.7 Å². The Morgan fingerprint density at radius 1 is 1.50 bits per heavy atom.